The number of hydrogen-bond donors (Lipinski definition) is 0. The maximum Gasteiger partial charge on any atom is 0.123 e. The number of halogens is 1. The monoisotopic (exact) mass is 418 g/mol. The third-order valence-electron chi connectivity index (χ3n) is 6.17. The molecule has 0 amide bonds. The largest absolute Gasteiger partial charge is 0.492 e. The van der Waals surface area contributed by atoms with Crippen LogP contribution < -0.4 is 9.64 Å². The molecule has 162 valence electrons. The molecule has 4 heteroatoms. The number of rotatable bonds is 8. The van der Waals surface area contributed by atoms with Crippen LogP contribution >= 0.6 is 0 Å². The minimum Gasteiger partial charge on any atom is -0.492 e. The van der Waals surface area contributed by atoms with E-state index >= 15 is 0 Å². The molecule has 0 saturated heterocycles. The number of ether oxygens (including phenoxy) is 1. The average Bonchev–Trinajstić information content (AvgIpc) is 2.82. The quantitative estimate of drug-likeness (QED) is 0.423. The van der Waals surface area contributed by atoms with Crippen molar-refractivity contribution in [3.8, 4) is 5.75 Å². The van der Waals surface area contributed by atoms with Crippen LogP contribution in [0.15, 0.2) is 72.8 Å². The smallest absolute Gasteiger partial charge is 0.123 e. The minimum atomic E-state index is -0.172. The molecular formula is C27H31FN2O. The van der Waals surface area contributed by atoms with Gasteiger partial charge in [-0.2, -0.15) is 0 Å². The van der Waals surface area contributed by atoms with Crippen molar-refractivity contribution in [2.24, 2.45) is 0 Å². The number of nitrogens with zero attached hydrogens (tertiary/aromatic N) is 2. The van der Waals surface area contributed by atoms with E-state index in [4.69, 9.17) is 4.74 Å². The Kier molecular flexibility index (Phi) is 6.88. The Morgan fingerprint density at radius 2 is 1.71 bits per heavy atom. The third kappa shape index (κ3) is 4.91. The van der Waals surface area contributed by atoms with Gasteiger partial charge in [0.1, 0.15) is 18.2 Å². The van der Waals surface area contributed by atoms with Crippen molar-refractivity contribution in [1.82, 2.24) is 4.90 Å². The third-order valence-corrected chi connectivity index (χ3v) is 6.17. The molecule has 0 saturated carbocycles. The van der Waals surface area contributed by atoms with Gasteiger partial charge in [-0.1, -0.05) is 44.2 Å². The van der Waals surface area contributed by atoms with Crippen LogP contribution in [-0.4, -0.2) is 31.1 Å². The normalized spacial score (nSPS) is 15.7. The zero-order valence-electron chi connectivity index (χ0n) is 18.4. The van der Waals surface area contributed by atoms with Crippen LogP contribution in [0.1, 0.15) is 37.4 Å². The Morgan fingerprint density at radius 1 is 0.968 bits per heavy atom. The molecule has 3 nitrogen and oxygen atoms in total. The first-order valence-corrected chi connectivity index (χ1v) is 11.3. The molecule has 0 aromatic heterocycles. The highest BCUT2D eigenvalue weighted by atomic mass is 19.1. The second kappa shape index (κ2) is 9.97. The Morgan fingerprint density at radius 3 is 2.42 bits per heavy atom. The molecule has 1 aliphatic rings. The van der Waals surface area contributed by atoms with Crippen molar-refractivity contribution in [2.45, 2.75) is 32.7 Å². The van der Waals surface area contributed by atoms with Gasteiger partial charge in [-0.3, -0.25) is 0 Å². The Balaban J connectivity index is 1.59. The van der Waals surface area contributed by atoms with Crippen molar-refractivity contribution in [2.75, 3.05) is 31.1 Å². The lowest BCUT2D eigenvalue weighted by atomic mass is 9.90. The van der Waals surface area contributed by atoms with Crippen LogP contribution in [0.4, 0.5) is 15.8 Å². The molecule has 4 rings (SSSR count). The van der Waals surface area contributed by atoms with Crippen LogP contribution in [0.25, 0.3) is 0 Å². The van der Waals surface area contributed by atoms with E-state index in [9.17, 15) is 4.39 Å². The van der Waals surface area contributed by atoms with Gasteiger partial charge >= 0.3 is 0 Å². The molecule has 1 heterocycles. The zero-order chi connectivity index (χ0) is 21.6. The van der Waals surface area contributed by atoms with Crippen LogP contribution in [0.5, 0.6) is 5.75 Å². The second-order valence-corrected chi connectivity index (χ2v) is 7.98. The summed E-state index contributed by atoms with van der Waals surface area (Å²) in [7, 11) is 0. The van der Waals surface area contributed by atoms with E-state index in [0.717, 1.165) is 55.2 Å². The van der Waals surface area contributed by atoms with Crippen LogP contribution in [0.3, 0.4) is 0 Å². The first-order valence-electron chi connectivity index (χ1n) is 11.3. The fraction of sp³-hybridized carbons (Fsp3) is 0.333. The Labute approximate surface area is 185 Å². The van der Waals surface area contributed by atoms with Crippen molar-refractivity contribution >= 4 is 11.4 Å². The highest BCUT2D eigenvalue weighted by Gasteiger charge is 2.29. The molecule has 0 N–H and O–H groups in total. The van der Waals surface area contributed by atoms with Gasteiger partial charge in [0.2, 0.25) is 0 Å². The molecule has 0 fully saturated rings. The van der Waals surface area contributed by atoms with Gasteiger partial charge in [-0.25, -0.2) is 4.39 Å². The summed E-state index contributed by atoms with van der Waals surface area (Å²) in [5.41, 5.74) is 4.51. The number of anilines is 2. The summed E-state index contributed by atoms with van der Waals surface area (Å²) in [4.78, 5) is 4.69. The van der Waals surface area contributed by atoms with Crippen molar-refractivity contribution in [1.29, 1.82) is 0 Å². The van der Waals surface area contributed by atoms with Crippen LogP contribution in [-0.2, 0) is 6.42 Å². The van der Waals surface area contributed by atoms with Gasteiger partial charge in [0.05, 0.1) is 6.04 Å². The summed E-state index contributed by atoms with van der Waals surface area (Å²) in [5.74, 6) is 0.706. The van der Waals surface area contributed by atoms with Gasteiger partial charge in [-0.05, 0) is 79.5 Å². The number of fused-ring (bicyclic) bond motifs is 1. The molecule has 3 aromatic rings. The summed E-state index contributed by atoms with van der Waals surface area (Å²) in [5, 5.41) is 0. The van der Waals surface area contributed by atoms with E-state index in [-0.39, 0.29) is 11.9 Å². The molecule has 0 aliphatic carbocycles. The average molecular weight is 419 g/mol. The molecule has 0 spiro atoms. The maximum absolute atomic E-state index is 13.9. The van der Waals surface area contributed by atoms with Gasteiger partial charge in [0, 0.05) is 17.9 Å². The lowest BCUT2D eigenvalue weighted by Gasteiger charge is -2.39. The number of likely N-dealkylation sites (N-methyl/N-ethyl adjacent to an activating group) is 1. The lowest BCUT2D eigenvalue weighted by molar-refractivity contribution is 0.223. The molecule has 0 bridgehead atoms. The van der Waals surface area contributed by atoms with E-state index < -0.39 is 0 Å². The molecule has 1 aliphatic heterocycles. The number of benzene rings is 3. The summed E-state index contributed by atoms with van der Waals surface area (Å²) in [6.45, 7) is 8.02. The number of hydrogen-bond acceptors (Lipinski definition) is 3. The fourth-order valence-corrected chi connectivity index (χ4v) is 4.42. The molecule has 0 radical (unpaired) electrons. The SMILES string of the molecule is CCN(CC)CCOc1ccc(N2c3ccc(F)cc3CCC2c2ccccc2)cc1. The molecular weight excluding hydrogens is 387 g/mol. The van der Waals surface area contributed by atoms with Crippen molar-refractivity contribution in [3.05, 3.63) is 89.7 Å². The molecule has 1 unspecified atom stereocenters. The predicted octanol–water partition coefficient (Wildman–Crippen LogP) is 6.37. The first kappa shape index (κ1) is 21.4. The topological polar surface area (TPSA) is 15.7 Å². The Bertz CT molecular complexity index is 970. The summed E-state index contributed by atoms with van der Waals surface area (Å²) < 4.78 is 19.9. The Hall–Kier alpha value is -2.85. The van der Waals surface area contributed by atoms with E-state index in [0.29, 0.717) is 6.61 Å². The van der Waals surface area contributed by atoms with Crippen molar-refractivity contribution in [3.63, 3.8) is 0 Å². The fourth-order valence-electron chi connectivity index (χ4n) is 4.42. The first-order chi connectivity index (χ1) is 15.2. The molecule has 1 atom stereocenters. The highest BCUT2D eigenvalue weighted by Crippen LogP contribution is 2.44. The van der Waals surface area contributed by atoms with E-state index in [1.807, 2.05) is 24.3 Å². The lowest BCUT2D eigenvalue weighted by Crippen LogP contribution is -2.29. The summed E-state index contributed by atoms with van der Waals surface area (Å²) >= 11 is 0. The van der Waals surface area contributed by atoms with Gasteiger partial charge in [0.25, 0.3) is 0 Å². The van der Waals surface area contributed by atoms with Crippen molar-refractivity contribution < 1.29 is 9.13 Å². The van der Waals surface area contributed by atoms with Crippen LogP contribution in [0, 0.1) is 5.82 Å². The molecule has 3 aromatic carbocycles. The minimum absolute atomic E-state index is 0.172. The van der Waals surface area contributed by atoms with E-state index in [2.05, 4.69) is 60.0 Å². The summed E-state index contributed by atoms with van der Waals surface area (Å²) in [6, 6.07) is 24.2. The maximum atomic E-state index is 13.9. The number of aryl methyl sites for hydroxylation is 1. The van der Waals surface area contributed by atoms with Gasteiger partial charge in [-0.15, -0.1) is 0 Å². The predicted molar refractivity (Wildman–Crippen MR) is 126 cm³/mol. The van der Waals surface area contributed by atoms with Gasteiger partial charge < -0.3 is 14.5 Å². The molecule has 31 heavy (non-hydrogen) atoms. The van der Waals surface area contributed by atoms with Crippen LogP contribution in [0.2, 0.25) is 0 Å². The zero-order valence-corrected chi connectivity index (χ0v) is 18.4. The van der Waals surface area contributed by atoms with E-state index in [1.54, 1.807) is 12.1 Å². The highest BCUT2D eigenvalue weighted by molar-refractivity contribution is 5.70. The second-order valence-electron chi connectivity index (χ2n) is 7.98. The van der Waals surface area contributed by atoms with Gasteiger partial charge in [0.15, 0.2) is 0 Å². The summed E-state index contributed by atoms with van der Waals surface area (Å²) in [6.07, 6.45) is 1.82. The standard InChI is InChI=1S/C27H31FN2O/c1-3-29(4-2)18-19-31-25-14-12-24(13-15-25)30-26(21-8-6-5-7-9-21)16-10-22-20-23(28)11-17-27(22)30/h5-9,11-15,17,20,26H,3-4,10,16,18-19H2,1-2H3. The van der Waals surface area contributed by atoms with E-state index in [1.165, 1.54) is 5.56 Å².